The molecule has 1 atom stereocenters. The van der Waals surface area contributed by atoms with Crippen molar-refractivity contribution in [3.05, 3.63) is 89.5 Å². The average Bonchev–Trinajstić information content (AvgIpc) is 2.71. The van der Waals surface area contributed by atoms with E-state index in [1.165, 1.54) is 30.3 Å². The summed E-state index contributed by atoms with van der Waals surface area (Å²) in [4.78, 5) is 16.6. The van der Waals surface area contributed by atoms with E-state index in [4.69, 9.17) is 0 Å². The average molecular weight is 427 g/mol. The number of nitrogens with zero attached hydrogens (tertiary/aromatic N) is 1. The molecule has 1 heterocycles. The maximum absolute atomic E-state index is 13.4. The first-order valence-electron chi connectivity index (χ1n) is 9.54. The number of halogens is 1. The molecule has 5 nitrogen and oxygen atoms in total. The Morgan fingerprint density at radius 1 is 1.10 bits per heavy atom. The van der Waals surface area contributed by atoms with Crippen LogP contribution in [0.1, 0.15) is 28.4 Å². The van der Waals surface area contributed by atoms with Crippen molar-refractivity contribution >= 4 is 21.4 Å². The maximum atomic E-state index is 13.4. The zero-order valence-corrected chi connectivity index (χ0v) is 17.6. The Balaban J connectivity index is 1.72. The summed E-state index contributed by atoms with van der Waals surface area (Å²) in [6.45, 7) is 3.48. The molecule has 1 N–H and O–H groups in total. The number of anilines is 1. The van der Waals surface area contributed by atoms with E-state index >= 15 is 0 Å². The van der Waals surface area contributed by atoms with Crippen LogP contribution in [0.3, 0.4) is 0 Å². The number of rotatable bonds is 7. The molecule has 0 aliphatic rings. The number of carbonyl (C=O) groups excluding carboxylic acids is 1. The summed E-state index contributed by atoms with van der Waals surface area (Å²) in [7, 11) is -3.57. The van der Waals surface area contributed by atoms with Crippen molar-refractivity contribution in [3.63, 3.8) is 0 Å². The van der Waals surface area contributed by atoms with E-state index in [1.807, 2.05) is 19.1 Å². The number of carbonyl (C=O) groups is 1. The highest BCUT2D eigenvalue weighted by molar-refractivity contribution is 7.91. The highest BCUT2D eigenvalue weighted by Gasteiger charge is 2.20. The minimum Gasteiger partial charge on any atom is -0.322 e. The number of nitrogens with one attached hydrogen (secondary N) is 1. The van der Waals surface area contributed by atoms with Crippen molar-refractivity contribution in [1.29, 1.82) is 0 Å². The molecule has 156 valence electrons. The molecule has 0 saturated carbocycles. The summed E-state index contributed by atoms with van der Waals surface area (Å²) in [6.07, 6.45) is 3.98. The number of hydrogen-bond donors (Lipinski definition) is 1. The second kappa shape index (κ2) is 9.17. The number of benzene rings is 2. The number of aromatic nitrogens is 1. The zero-order valence-electron chi connectivity index (χ0n) is 16.8. The molecular formula is C23H23FN2O3S. The SMILES string of the molecule is Cc1cc(NC(=O)c2cccc(S(=O)(=O)CC(C)Cc3ccncc3)c2)ccc1F. The van der Waals surface area contributed by atoms with E-state index in [2.05, 4.69) is 10.3 Å². The number of aryl methyl sites for hydroxylation is 1. The molecule has 1 aromatic heterocycles. The molecule has 0 fully saturated rings. The van der Waals surface area contributed by atoms with Gasteiger partial charge >= 0.3 is 0 Å². The van der Waals surface area contributed by atoms with Crippen molar-refractivity contribution < 1.29 is 17.6 Å². The second-order valence-electron chi connectivity index (χ2n) is 7.39. The van der Waals surface area contributed by atoms with Gasteiger partial charge in [-0.05, 0) is 78.9 Å². The van der Waals surface area contributed by atoms with Crippen LogP contribution in [0.25, 0.3) is 0 Å². The van der Waals surface area contributed by atoms with Gasteiger partial charge in [-0.2, -0.15) is 0 Å². The highest BCUT2D eigenvalue weighted by atomic mass is 32.2. The molecule has 0 radical (unpaired) electrons. The predicted molar refractivity (Wildman–Crippen MR) is 115 cm³/mol. The van der Waals surface area contributed by atoms with Crippen LogP contribution in [0.2, 0.25) is 0 Å². The summed E-state index contributed by atoms with van der Waals surface area (Å²) in [5, 5.41) is 2.67. The fourth-order valence-electron chi connectivity index (χ4n) is 3.21. The molecule has 3 aromatic rings. The quantitative estimate of drug-likeness (QED) is 0.606. The van der Waals surface area contributed by atoms with Gasteiger partial charge in [-0.15, -0.1) is 0 Å². The van der Waals surface area contributed by atoms with E-state index in [0.29, 0.717) is 17.7 Å². The largest absolute Gasteiger partial charge is 0.322 e. The summed E-state index contributed by atoms with van der Waals surface area (Å²) < 4.78 is 39.1. The lowest BCUT2D eigenvalue weighted by atomic mass is 10.0. The third kappa shape index (κ3) is 5.51. The van der Waals surface area contributed by atoms with Gasteiger partial charge in [0.05, 0.1) is 10.6 Å². The van der Waals surface area contributed by atoms with Crippen LogP contribution in [0, 0.1) is 18.7 Å². The van der Waals surface area contributed by atoms with Crippen LogP contribution >= 0.6 is 0 Å². The summed E-state index contributed by atoms with van der Waals surface area (Å²) in [5.74, 6) is -0.945. The van der Waals surface area contributed by atoms with Crippen molar-refractivity contribution in [2.75, 3.05) is 11.1 Å². The van der Waals surface area contributed by atoms with Gasteiger partial charge in [0.25, 0.3) is 5.91 Å². The van der Waals surface area contributed by atoms with E-state index in [9.17, 15) is 17.6 Å². The van der Waals surface area contributed by atoms with Gasteiger partial charge < -0.3 is 5.32 Å². The van der Waals surface area contributed by atoms with Crippen LogP contribution in [0.15, 0.2) is 71.9 Å². The van der Waals surface area contributed by atoms with E-state index < -0.39 is 15.7 Å². The topological polar surface area (TPSA) is 76.1 Å². The summed E-state index contributed by atoms with van der Waals surface area (Å²) >= 11 is 0. The lowest BCUT2D eigenvalue weighted by Gasteiger charge is -2.13. The molecule has 30 heavy (non-hydrogen) atoms. The number of amides is 1. The lowest BCUT2D eigenvalue weighted by molar-refractivity contribution is 0.102. The van der Waals surface area contributed by atoms with Gasteiger partial charge in [0.15, 0.2) is 9.84 Å². The van der Waals surface area contributed by atoms with Crippen molar-refractivity contribution in [3.8, 4) is 0 Å². The van der Waals surface area contributed by atoms with Crippen LogP contribution in [0.5, 0.6) is 0 Å². The van der Waals surface area contributed by atoms with Crippen LogP contribution in [0.4, 0.5) is 10.1 Å². The highest BCUT2D eigenvalue weighted by Crippen LogP contribution is 2.20. The molecular weight excluding hydrogens is 403 g/mol. The van der Waals surface area contributed by atoms with Gasteiger partial charge in [0.1, 0.15) is 5.82 Å². The molecule has 1 unspecified atom stereocenters. The smallest absolute Gasteiger partial charge is 0.255 e. The third-order valence-corrected chi connectivity index (χ3v) is 6.69. The molecule has 0 saturated heterocycles. The second-order valence-corrected chi connectivity index (χ2v) is 9.43. The van der Waals surface area contributed by atoms with Gasteiger partial charge in [-0.25, -0.2) is 12.8 Å². The van der Waals surface area contributed by atoms with Crippen LogP contribution in [-0.2, 0) is 16.3 Å². The van der Waals surface area contributed by atoms with Crippen LogP contribution < -0.4 is 5.32 Å². The molecule has 1 amide bonds. The Morgan fingerprint density at radius 2 is 1.83 bits per heavy atom. The Bertz CT molecular complexity index is 1150. The standard InChI is InChI=1S/C23H23FN2O3S/c1-16(12-18-8-10-25-11-9-18)15-30(28,29)21-5-3-4-19(14-21)23(27)26-20-6-7-22(24)17(2)13-20/h3-11,13-14,16H,12,15H2,1-2H3,(H,26,27). The van der Waals surface area contributed by atoms with Gasteiger partial charge in [0.2, 0.25) is 0 Å². The van der Waals surface area contributed by atoms with Crippen LogP contribution in [-0.4, -0.2) is 25.1 Å². The Labute approximate surface area is 175 Å². The number of hydrogen-bond acceptors (Lipinski definition) is 4. The molecule has 2 aromatic carbocycles. The molecule has 0 aliphatic heterocycles. The lowest BCUT2D eigenvalue weighted by Crippen LogP contribution is -2.17. The Kier molecular flexibility index (Phi) is 6.62. The van der Waals surface area contributed by atoms with E-state index in [1.54, 1.807) is 31.5 Å². The first-order chi connectivity index (χ1) is 14.2. The van der Waals surface area contributed by atoms with Crippen molar-refractivity contribution in [2.24, 2.45) is 5.92 Å². The van der Waals surface area contributed by atoms with E-state index in [-0.39, 0.29) is 27.9 Å². The molecule has 7 heteroatoms. The molecule has 0 bridgehead atoms. The minimum atomic E-state index is -3.57. The third-order valence-electron chi connectivity index (χ3n) is 4.71. The summed E-state index contributed by atoms with van der Waals surface area (Å²) in [5.41, 5.74) is 2.10. The predicted octanol–water partition coefficient (Wildman–Crippen LogP) is 4.43. The number of pyridine rings is 1. The van der Waals surface area contributed by atoms with Crippen molar-refractivity contribution in [1.82, 2.24) is 4.98 Å². The summed E-state index contributed by atoms with van der Waals surface area (Å²) in [6, 6.07) is 14.0. The minimum absolute atomic E-state index is 0.0302. The van der Waals surface area contributed by atoms with Gasteiger partial charge in [-0.3, -0.25) is 9.78 Å². The molecule has 0 spiro atoms. The maximum Gasteiger partial charge on any atom is 0.255 e. The number of sulfone groups is 1. The first-order valence-corrected chi connectivity index (χ1v) is 11.2. The monoisotopic (exact) mass is 426 g/mol. The van der Waals surface area contributed by atoms with Crippen molar-refractivity contribution in [2.45, 2.75) is 25.2 Å². The first kappa shape index (κ1) is 21.6. The van der Waals surface area contributed by atoms with Gasteiger partial charge in [-0.1, -0.05) is 13.0 Å². The van der Waals surface area contributed by atoms with E-state index in [0.717, 1.165) is 5.56 Å². The van der Waals surface area contributed by atoms with Gasteiger partial charge in [0, 0.05) is 23.6 Å². The fourth-order valence-corrected chi connectivity index (χ4v) is 4.86. The molecule has 3 rings (SSSR count). The Hall–Kier alpha value is -3.06. The fraction of sp³-hybridized carbons (Fsp3) is 0.217. The normalized spacial score (nSPS) is 12.4. The Morgan fingerprint density at radius 3 is 2.53 bits per heavy atom. The zero-order chi connectivity index (χ0) is 21.7. The molecule has 0 aliphatic carbocycles.